The lowest BCUT2D eigenvalue weighted by atomic mass is 10.1. The Morgan fingerprint density at radius 2 is 1.91 bits per heavy atom. The average molecular weight is 325 g/mol. The van der Waals surface area contributed by atoms with Crippen molar-refractivity contribution in [3.63, 3.8) is 0 Å². The number of hydrogen-bond donors (Lipinski definition) is 1. The van der Waals surface area contributed by atoms with Gasteiger partial charge in [0, 0.05) is 30.8 Å². The van der Waals surface area contributed by atoms with E-state index in [1.54, 1.807) is 24.3 Å². The molecule has 1 unspecified atom stereocenters. The molecule has 2 heterocycles. The lowest BCUT2D eigenvalue weighted by Gasteiger charge is -2.17. The third-order valence-electron chi connectivity index (χ3n) is 3.91. The van der Waals surface area contributed by atoms with Gasteiger partial charge in [-0.05, 0) is 18.6 Å². The van der Waals surface area contributed by atoms with Gasteiger partial charge in [0.1, 0.15) is 0 Å². The summed E-state index contributed by atoms with van der Waals surface area (Å²) in [5.41, 5.74) is 0.896. The van der Waals surface area contributed by atoms with Gasteiger partial charge >= 0.3 is 12.1 Å². The number of likely N-dealkylation sites (tertiary alicyclic amines) is 1. The summed E-state index contributed by atoms with van der Waals surface area (Å²) in [4.78, 5) is 24.1. The first-order valence-corrected chi connectivity index (χ1v) is 7.10. The van der Waals surface area contributed by atoms with E-state index < -0.39 is 12.1 Å². The highest BCUT2D eigenvalue weighted by molar-refractivity contribution is 5.82. The van der Waals surface area contributed by atoms with E-state index in [1.807, 2.05) is 6.07 Å². The molecule has 23 heavy (non-hydrogen) atoms. The normalized spacial score (nSPS) is 18.4. The van der Waals surface area contributed by atoms with E-state index in [-0.39, 0.29) is 24.6 Å². The summed E-state index contributed by atoms with van der Waals surface area (Å²) in [5.74, 6) is -2.14. The number of aromatic amines is 1. The van der Waals surface area contributed by atoms with E-state index in [9.17, 15) is 22.8 Å². The van der Waals surface area contributed by atoms with Crippen LogP contribution in [0.15, 0.2) is 41.2 Å². The van der Waals surface area contributed by atoms with Crippen LogP contribution in [0.4, 0.5) is 13.2 Å². The Hall–Kier alpha value is -2.51. The highest BCUT2D eigenvalue weighted by atomic mass is 19.4. The Labute approximate surface area is 129 Å². The smallest absolute Gasteiger partial charge is 0.334 e. The number of hydrogen-bond acceptors (Lipinski definition) is 2. The molecule has 5 nitrogen and oxygen atoms in total. The SMILES string of the molecule is O=C(N1CCC(c2cc(=O)n(-c3ccccc3)[nH]2)C1)C(F)(F)F. The van der Waals surface area contributed by atoms with Crippen LogP contribution in [0.25, 0.3) is 5.69 Å². The number of carbonyl (C=O) groups excluding carboxylic acids is 1. The topological polar surface area (TPSA) is 58.1 Å². The lowest BCUT2D eigenvalue weighted by molar-refractivity contribution is -0.184. The first-order chi connectivity index (χ1) is 10.9. The molecule has 1 atom stereocenters. The molecule has 0 radical (unpaired) electrons. The number of H-pyrrole nitrogens is 1. The molecule has 2 aromatic rings. The van der Waals surface area contributed by atoms with Gasteiger partial charge < -0.3 is 4.90 Å². The molecule has 0 saturated carbocycles. The zero-order valence-corrected chi connectivity index (χ0v) is 12.0. The van der Waals surface area contributed by atoms with Crippen LogP contribution in [0.3, 0.4) is 0 Å². The van der Waals surface area contributed by atoms with Gasteiger partial charge in [0.25, 0.3) is 5.56 Å². The Bertz CT molecular complexity index is 764. The van der Waals surface area contributed by atoms with E-state index in [4.69, 9.17) is 0 Å². The molecule has 0 bridgehead atoms. The second-order valence-corrected chi connectivity index (χ2v) is 5.46. The van der Waals surface area contributed by atoms with Gasteiger partial charge in [-0.2, -0.15) is 13.2 Å². The van der Waals surface area contributed by atoms with Crippen molar-refractivity contribution in [1.82, 2.24) is 14.7 Å². The lowest BCUT2D eigenvalue weighted by Crippen LogP contribution is -2.39. The van der Waals surface area contributed by atoms with Crippen LogP contribution < -0.4 is 5.56 Å². The summed E-state index contributed by atoms with van der Waals surface area (Å²) >= 11 is 0. The number of halogens is 3. The predicted octanol–water partition coefficient (Wildman–Crippen LogP) is 2.04. The first kappa shape index (κ1) is 15.4. The molecule has 8 heteroatoms. The van der Waals surface area contributed by atoms with Crippen molar-refractivity contribution in [2.75, 3.05) is 13.1 Å². The molecule has 1 aromatic carbocycles. The number of amides is 1. The minimum atomic E-state index is -4.86. The zero-order chi connectivity index (χ0) is 16.6. The van der Waals surface area contributed by atoms with Gasteiger partial charge in [0.15, 0.2) is 0 Å². The number of alkyl halides is 3. The van der Waals surface area contributed by atoms with Gasteiger partial charge in [-0.3, -0.25) is 14.7 Å². The molecule has 0 aliphatic carbocycles. The van der Waals surface area contributed by atoms with Crippen LogP contribution in [0.2, 0.25) is 0 Å². The van der Waals surface area contributed by atoms with Crippen molar-refractivity contribution >= 4 is 5.91 Å². The van der Waals surface area contributed by atoms with Crippen molar-refractivity contribution in [3.8, 4) is 5.69 Å². The number of benzene rings is 1. The van der Waals surface area contributed by atoms with E-state index in [0.717, 1.165) is 4.90 Å². The number of nitrogens with zero attached hydrogens (tertiary/aromatic N) is 2. The maximum atomic E-state index is 12.5. The fourth-order valence-electron chi connectivity index (χ4n) is 2.77. The van der Waals surface area contributed by atoms with Gasteiger partial charge in [0.2, 0.25) is 0 Å². The summed E-state index contributed by atoms with van der Waals surface area (Å²) < 4.78 is 38.7. The average Bonchev–Trinajstić information content (AvgIpc) is 3.13. The third kappa shape index (κ3) is 3.01. The molecular formula is C15H14F3N3O2. The largest absolute Gasteiger partial charge is 0.471 e. The van der Waals surface area contributed by atoms with Gasteiger partial charge in [0.05, 0.1) is 5.69 Å². The standard InChI is InChI=1S/C15H14F3N3O2/c16-15(17,18)14(23)20-7-6-10(9-20)12-8-13(22)21(19-12)11-4-2-1-3-5-11/h1-5,8,10,19H,6-7,9H2. The monoisotopic (exact) mass is 325 g/mol. The minimum Gasteiger partial charge on any atom is -0.334 e. The van der Waals surface area contributed by atoms with Gasteiger partial charge in [-0.25, -0.2) is 4.68 Å². The van der Waals surface area contributed by atoms with Crippen LogP contribution in [0.1, 0.15) is 18.0 Å². The van der Waals surface area contributed by atoms with Crippen molar-refractivity contribution < 1.29 is 18.0 Å². The van der Waals surface area contributed by atoms with Crippen molar-refractivity contribution in [1.29, 1.82) is 0 Å². The van der Waals surface area contributed by atoms with Gasteiger partial charge in [-0.1, -0.05) is 18.2 Å². The molecule has 1 amide bonds. The Balaban J connectivity index is 1.80. The minimum absolute atomic E-state index is 0.0293. The van der Waals surface area contributed by atoms with E-state index in [1.165, 1.54) is 10.7 Å². The van der Waals surface area contributed by atoms with Crippen molar-refractivity contribution in [2.45, 2.75) is 18.5 Å². The fraction of sp³-hybridized carbons (Fsp3) is 0.333. The first-order valence-electron chi connectivity index (χ1n) is 7.10. The van der Waals surface area contributed by atoms with E-state index >= 15 is 0 Å². The molecular weight excluding hydrogens is 311 g/mol. The maximum absolute atomic E-state index is 12.5. The Morgan fingerprint density at radius 1 is 1.22 bits per heavy atom. The molecule has 1 aromatic heterocycles. The van der Waals surface area contributed by atoms with Crippen molar-refractivity contribution in [3.05, 3.63) is 52.4 Å². The maximum Gasteiger partial charge on any atom is 0.471 e. The summed E-state index contributed by atoms with van der Waals surface area (Å²) in [6.45, 7) is -0.0192. The zero-order valence-electron chi connectivity index (χ0n) is 12.0. The van der Waals surface area contributed by atoms with Crippen LogP contribution in [-0.2, 0) is 4.79 Å². The summed E-state index contributed by atoms with van der Waals surface area (Å²) in [5, 5.41) is 2.92. The number of nitrogens with one attached hydrogen (secondary N) is 1. The second kappa shape index (κ2) is 5.60. The van der Waals surface area contributed by atoms with Crippen LogP contribution in [0.5, 0.6) is 0 Å². The van der Waals surface area contributed by atoms with Gasteiger partial charge in [-0.15, -0.1) is 0 Å². The molecule has 1 aliphatic rings. The highest BCUT2D eigenvalue weighted by Crippen LogP contribution is 2.29. The third-order valence-corrected chi connectivity index (χ3v) is 3.91. The molecule has 1 saturated heterocycles. The molecule has 1 fully saturated rings. The summed E-state index contributed by atoms with van der Waals surface area (Å²) in [7, 11) is 0. The highest BCUT2D eigenvalue weighted by Gasteiger charge is 2.44. The van der Waals surface area contributed by atoms with Crippen molar-refractivity contribution in [2.24, 2.45) is 0 Å². The molecule has 122 valence electrons. The second-order valence-electron chi connectivity index (χ2n) is 5.46. The van der Waals surface area contributed by atoms with Crippen LogP contribution in [-0.4, -0.2) is 39.9 Å². The van der Waals surface area contributed by atoms with Crippen LogP contribution in [0, 0.1) is 0 Å². The molecule has 3 rings (SSSR count). The Kier molecular flexibility index (Phi) is 3.75. The molecule has 1 N–H and O–H groups in total. The number of aromatic nitrogens is 2. The quantitative estimate of drug-likeness (QED) is 0.919. The number of rotatable bonds is 2. The molecule has 0 spiro atoms. The Morgan fingerprint density at radius 3 is 2.57 bits per heavy atom. The van der Waals surface area contributed by atoms with E-state index in [0.29, 0.717) is 17.8 Å². The number of para-hydroxylation sites is 1. The summed E-state index contributed by atoms with van der Waals surface area (Å²) in [6, 6.07) is 10.2. The van der Waals surface area contributed by atoms with E-state index in [2.05, 4.69) is 5.10 Å². The summed E-state index contributed by atoms with van der Waals surface area (Å²) in [6.07, 6.45) is -4.48. The fourth-order valence-corrected chi connectivity index (χ4v) is 2.77. The molecule has 1 aliphatic heterocycles. The predicted molar refractivity (Wildman–Crippen MR) is 76.4 cm³/mol. The van der Waals surface area contributed by atoms with Crippen LogP contribution >= 0.6 is 0 Å². The number of carbonyl (C=O) groups is 1.